The van der Waals surface area contributed by atoms with Crippen LogP contribution in [0.3, 0.4) is 0 Å². The van der Waals surface area contributed by atoms with Crippen LogP contribution in [0, 0.1) is 0 Å². The van der Waals surface area contributed by atoms with E-state index in [1.165, 1.54) is 16.7 Å². The summed E-state index contributed by atoms with van der Waals surface area (Å²) in [6.07, 6.45) is 8.48. The monoisotopic (exact) mass is 405 g/mol. The minimum absolute atomic E-state index is 0. The van der Waals surface area contributed by atoms with Crippen LogP contribution in [0.2, 0.25) is 0 Å². The topological polar surface area (TPSA) is 0 Å². The van der Waals surface area contributed by atoms with Crippen molar-refractivity contribution >= 4 is 24.3 Å². The van der Waals surface area contributed by atoms with Gasteiger partial charge in [0.25, 0.3) is 0 Å². The third kappa shape index (κ3) is 10.6. The van der Waals surface area contributed by atoms with Crippen LogP contribution in [0.15, 0.2) is 105 Å². The van der Waals surface area contributed by atoms with Crippen LogP contribution in [0.4, 0.5) is 0 Å². The van der Waals surface area contributed by atoms with Gasteiger partial charge < -0.3 is 0 Å². The summed E-state index contributed by atoms with van der Waals surface area (Å²) in [5, 5.41) is 0. The van der Waals surface area contributed by atoms with E-state index in [1.54, 1.807) is 0 Å². The number of aryl methyl sites for hydroxylation is 1. The van der Waals surface area contributed by atoms with Gasteiger partial charge in [0.05, 0.1) is 0 Å². The quantitative estimate of drug-likeness (QED) is 0.512. The van der Waals surface area contributed by atoms with Crippen molar-refractivity contribution in [2.45, 2.75) is 13.3 Å². The van der Waals surface area contributed by atoms with Crippen LogP contribution >= 0.6 is 0 Å². The first-order chi connectivity index (χ1) is 13.7. The maximum atomic E-state index is 3.74. The van der Waals surface area contributed by atoms with Gasteiger partial charge in [0.2, 0.25) is 0 Å². The van der Waals surface area contributed by atoms with Crippen molar-refractivity contribution in [2.24, 2.45) is 0 Å². The van der Waals surface area contributed by atoms with E-state index in [2.05, 4.69) is 51.4 Å². The Morgan fingerprint density at radius 3 is 1.31 bits per heavy atom. The van der Waals surface area contributed by atoms with Crippen molar-refractivity contribution in [1.82, 2.24) is 0 Å². The average Bonchev–Trinajstić information content (AvgIpc) is 2.80. The van der Waals surface area contributed by atoms with Crippen molar-refractivity contribution in [1.29, 1.82) is 0 Å². The molecule has 0 spiro atoms. The molecule has 0 fully saturated rings. The van der Waals surface area contributed by atoms with Crippen LogP contribution in [0.1, 0.15) is 34.7 Å². The van der Waals surface area contributed by atoms with Gasteiger partial charge in [-0.3, -0.25) is 0 Å². The molecule has 3 rings (SSSR count). The molecule has 0 atom stereocenters. The van der Waals surface area contributed by atoms with E-state index in [1.807, 2.05) is 85.0 Å². The molecule has 3 aromatic rings. The Morgan fingerprint density at radius 1 is 0.552 bits per heavy atom. The standard InChI is InChI=1S/C10H12.C10H10.C8H8.K/c2*1-3-9-7-5-6-8-10(9)4-2;1-2-8-6-4-3-5-7-8;/h3,5-8H,1,4H2,2H3;3-8H,1-2H2;2-7H,1H2;/q;;;+1. The van der Waals surface area contributed by atoms with Gasteiger partial charge in [-0.25, -0.2) is 0 Å². The smallest absolute Gasteiger partial charge is 0.0985 e. The first-order valence-corrected chi connectivity index (χ1v) is 9.41. The number of hydrogen-bond donors (Lipinski definition) is 0. The van der Waals surface area contributed by atoms with E-state index in [0.717, 1.165) is 17.5 Å². The normalized spacial score (nSPS) is 8.59. The first kappa shape index (κ1) is 27.3. The third-order valence-electron chi connectivity index (χ3n) is 4.13. The summed E-state index contributed by atoms with van der Waals surface area (Å²) in [5.41, 5.74) is 6.07. The third-order valence-corrected chi connectivity index (χ3v) is 4.13. The zero-order valence-electron chi connectivity index (χ0n) is 17.9. The van der Waals surface area contributed by atoms with Crippen molar-refractivity contribution in [2.75, 3.05) is 0 Å². The SMILES string of the molecule is C=Cc1ccccc1.C=Cc1ccccc1C=C.C=Cc1ccccc1CC.[K+]. The summed E-state index contributed by atoms with van der Waals surface area (Å²) >= 11 is 0. The molecule has 0 radical (unpaired) electrons. The van der Waals surface area contributed by atoms with Gasteiger partial charge in [-0.2, -0.15) is 0 Å². The summed E-state index contributed by atoms with van der Waals surface area (Å²) in [6.45, 7) is 16.9. The average molecular weight is 406 g/mol. The molecular formula is C28H30K+. The second-order valence-corrected chi connectivity index (χ2v) is 5.91. The Hall–Kier alpha value is -1.74. The molecule has 0 bridgehead atoms. The van der Waals surface area contributed by atoms with E-state index < -0.39 is 0 Å². The first-order valence-electron chi connectivity index (χ1n) is 9.41. The largest absolute Gasteiger partial charge is 1.00 e. The molecule has 0 nitrogen and oxygen atoms in total. The molecule has 0 saturated heterocycles. The van der Waals surface area contributed by atoms with Gasteiger partial charge in [0.1, 0.15) is 0 Å². The minimum Gasteiger partial charge on any atom is -0.0985 e. The molecule has 0 unspecified atom stereocenters. The Kier molecular flexibility index (Phi) is 16.1. The maximum absolute atomic E-state index is 3.74. The summed E-state index contributed by atoms with van der Waals surface area (Å²) in [5.74, 6) is 0. The van der Waals surface area contributed by atoms with Gasteiger partial charge in [-0.15, -0.1) is 0 Å². The Bertz CT molecular complexity index is 849. The van der Waals surface area contributed by atoms with Crippen LogP contribution in [0.25, 0.3) is 24.3 Å². The molecule has 0 saturated carbocycles. The van der Waals surface area contributed by atoms with Gasteiger partial charge in [0, 0.05) is 0 Å². The number of hydrogen-bond acceptors (Lipinski definition) is 0. The Morgan fingerprint density at radius 2 is 0.966 bits per heavy atom. The Labute approximate surface area is 219 Å². The fourth-order valence-electron chi connectivity index (χ4n) is 2.53. The summed E-state index contributed by atoms with van der Waals surface area (Å²) < 4.78 is 0. The van der Waals surface area contributed by atoms with E-state index in [4.69, 9.17) is 0 Å². The second-order valence-electron chi connectivity index (χ2n) is 5.91. The molecule has 3 aromatic carbocycles. The van der Waals surface area contributed by atoms with Crippen molar-refractivity contribution < 1.29 is 51.4 Å². The summed E-state index contributed by atoms with van der Waals surface area (Å²) in [7, 11) is 0. The minimum atomic E-state index is 0. The Balaban J connectivity index is 0.000000401. The zero-order valence-corrected chi connectivity index (χ0v) is 21.0. The molecule has 0 aliphatic carbocycles. The molecule has 29 heavy (non-hydrogen) atoms. The van der Waals surface area contributed by atoms with E-state index in [0.29, 0.717) is 0 Å². The van der Waals surface area contributed by atoms with E-state index in [9.17, 15) is 0 Å². The van der Waals surface area contributed by atoms with Crippen LogP contribution in [0.5, 0.6) is 0 Å². The molecule has 0 N–H and O–H groups in total. The molecule has 0 amide bonds. The molecule has 1 heteroatoms. The molecule has 142 valence electrons. The van der Waals surface area contributed by atoms with Crippen LogP contribution in [-0.2, 0) is 6.42 Å². The second kappa shape index (κ2) is 17.1. The molecular weight excluding hydrogens is 375 g/mol. The van der Waals surface area contributed by atoms with E-state index in [-0.39, 0.29) is 51.4 Å². The van der Waals surface area contributed by atoms with Crippen molar-refractivity contribution in [3.63, 3.8) is 0 Å². The van der Waals surface area contributed by atoms with Gasteiger partial charge in [0.15, 0.2) is 0 Å². The molecule has 0 aliphatic heterocycles. The van der Waals surface area contributed by atoms with E-state index >= 15 is 0 Å². The van der Waals surface area contributed by atoms with Gasteiger partial charge in [-0.1, -0.05) is 136 Å². The summed E-state index contributed by atoms with van der Waals surface area (Å²) in [6, 6.07) is 26.4. The fourth-order valence-corrected chi connectivity index (χ4v) is 2.53. The van der Waals surface area contributed by atoms with Crippen molar-refractivity contribution in [3.8, 4) is 0 Å². The van der Waals surface area contributed by atoms with Crippen LogP contribution < -0.4 is 51.4 Å². The molecule has 0 aliphatic rings. The van der Waals surface area contributed by atoms with Gasteiger partial charge in [-0.05, 0) is 34.2 Å². The van der Waals surface area contributed by atoms with Crippen LogP contribution in [-0.4, -0.2) is 0 Å². The zero-order chi connectivity index (χ0) is 20.6. The molecule has 0 aromatic heterocycles. The fraction of sp³-hybridized carbons (Fsp3) is 0.0714. The predicted octanol–water partition coefficient (Wildman–Crippen LogP) is 5.20. The predicted molar refractivity (Wildman–Crippen MR) is 129 cm³/mol. The van der Waals surface area contributed by atoms with Crippen molar-refractivity contribution in [3.05, 3.63) is 133 Å². The summed E-state index contributed by atoms with van der Waals surface area (Å²) in [4.78, 5) is 0. The van der Waals surface area contributed by atoms with Gasteiger partial charge >= 0.3 is 51.4 Å². The molecule has 0 heterocycles. The number of benzene rings is 3. The maximum Gasteiger partial charge on any atom is 1.00 e. The number of rotatable bonds is 5.